The Balaban J connectivity index is 2.22. The molecule has 2 heteroatoms. The summed E-state index contributed by atoms with van der Waals surface area (Å²) in [7, 11) is 0. The van der Waals surface area contributed by atoms with Crippen LogP contribution in [0.3, 0.4) is 0 Å². The number of esters is 1. The maximum atomic E-state index is 11.1. The zero-order chi connectivity index (χ0) is 9.97. The van der Waals surface area contributed by atoms with Gasteiger partial charge in [-0.3, -0.25) is 4.79 Å². The SMILES string of the molecule is Cc1ccccc1[C@@H]1CCOC(=O)C1. The predicted octanol–water partition coefficient (Wildman–Crippen LogP) is 2.42. The third-order valence-electron chi connectivity index (χ3n) is 2.77. The van der Waals surface area contributed by atoms with Crippen LogP contribution in [0.1, 0.15) is 29.9 Å². The van der Waals surface area contributed by atoms with Gasteiger partial charge in [-0.2, -0.15) is 0 Å². The molecule has 2 rings (SSSR count). The Bertz CT molecular complexity index is 344. The predicted molar refractivity (Wildman–Crippen MR) is 54.1 cm³/mol. The van der Waals surface area contributed by atoms with Crippen LogP contribution in [0.2, 0.25) is 0 Å². The molecule has 1 atom stereocenters. The van der Waals surface area contributed by atoms with E-state index in [0.717, 1.165) is 6.42 Å². The summed E-state index contributed by atoms with van der Waals surface area (Å²) in [6, 6.07) is 8.26. The molecule has 0 bridgehead atoms. The molecule has 0 amide bonds. The number of carbonyl (C=O) groups excluding carboxylic acids is 1. The van der Waals surface area contributed by atoms with Gasteiger partial charge in [0.25, 0.3) is 0 Å². The standard InChI is InChI=1S/C12H14O2/c1-9-4-2-3-5-11(9)10-6-7-14-12(13)8-10/h2-5,10H,6-8H2,1H3/t10-/m1/s1. The van der Waals surface area contributed by atoms with Gasteiger partial charge in [0.2, 0.25) is 0 Å². The maximum Gasteiger partial charge on any atom is 0.306 e. The van der Waals surface area contributed by atoms with Gasteiger partial charge in [-0.05, 0) is 30.4 Å². The molecular weight excluding hydrogens is 176 g/mol. The number of benzene rings is 1. The van der Waals surface area contributed by atoms with E-state index in [-0.39, 0.29) is 5.97 Å². The Morgan fingerprint density at radius 2 is 2.14 bits per heavy atom. The van der Waals surface area contributed by atoms with Crippen molar-refractivity contribution in [2.75, 3.05) is 6.61 Å². The van der Waals surface area contributed by atoms with Crippen molar-refractivity contribution in [3.05, 3.63) is 35.4 Å². The van der Waals surface area contributed by atoms with Crippen molar-refractivity contribution in [2.24, 2.45) is 0 Å². The number of hydrogen-bond donors (Lipinski definition) is 0. The third kappa shape index (κ3) is 1.79. The lowest BCUT2D eigenvalue weighted by molar-refractivity contribution is -0.147. The first kappa shape index (κ1) is 9.25. The van der Waals surface area contributed by atoms with Crippen molar-refractivity contribution in [3.63, 3.8) is 0 Å². The second kappa shape index (κ2) is 3.82. The van der Waals surface area contributed by atoms with E-state index in [1.165, 1.54) is 11.1 Å². The fourth-order valence-corrected chi connectivity index (χ4v) is 1.99. The Labute approximate surface area is 83.9 Å². The van der Waals surface area contributed by atoms with E-state index in [0.29, 0.717) is 18.9 Å². The van der Waals surface area contributed by atoms with Gasteiger partial charge in [0.05, 0.1) is 13.0 Å². The number of aryl methyl sites for hydroxylation is 1. The highest BCUT2D eigenvalue weighted by Gasteiger charge is 2.22. The van der Waals surface area contributed by atoms with Crippen molar-refractivity contribution in [3.8, 4) is 0 Å². The summed E-state index contributed by atoms with van der Waals surface area (Å²) in [6.07, 6.45) is 1.49. The molecule has 1 aliphatic heterocycles. The summed E-state index contributed by atoms with van der Waals surface area (Å²) >= 11 is 0. The van der Waals surface area contributed by atoms with Crippen LogP contribution >= 0.6 is 0 Å². The molecule has 0 unspecified atom stereocenters. The molecule has 0 spiro atoms. The van der Waals surface area contributed by atoms with Crippen molar-refractivity contribution in [1.82, 2.24) is 0 Å². The van der Waals surface area contributed by atoms with Gasteiger partial charge in [-0.15, -0.1) is 0 Å². The highest BCUT2D eigenvalue weighted by molar-refractivity contribution is 5.71. The molecule has 1 aromatic rings. The second-order valence-corrected chi connectivity index (χ2v) is 3.77. The average molecular weight is 190 g/mol. The normalized spacial score (nSPS) is 21.8. The maximum absolute atomic E-state index is 11.1. The smallest absolute Gasteiger partial charge is 0.306 e. The zero-order valence-corrected chi connectivity index (χ0v) is 8.32. The molecule has 0 aliphatic carbocycles. The van der Waals surface area contributed by atoms with Crippen LogP contribution in [0.25, 0.3) is 0 Å². The first-order valence-corrected chi connectivity index (χ1v) is 4.98. The Kier molecular flexibility index (Phi) is 2.53. The van der Waals surface area contributed by atoms with Crippen molar-refractivity contribution >= 4 is 5.97 Å². The van der Waals surface area contributed by atoms with Crippen molar-refractivity contribution in [2.45, 2.75) is 25.7 Å². The van der Waals surface area contributed by atoms with Gasteiger partial charge in [-0.1, -0.05) is 24.3 Å². The minimum absolute atomic E-state index is 0.0653. The fraction of sp³-hybridized carbons (Fsp3) is 0.417. The zero-order valence-electron chi connectivity index (χ0n) is 8.32. The van der Waals surface area contributed by atoms with Crippen LogP contribution in [-0.4, -0.2) is 12.6 Å². The molecule has 1 heterocycles. The van der Waals surface area contributed by atoms with Crippen molar-refractivity contribution < 1.29 is 9.53 Å². The minimum Gasteiger partial charge on any atom is -0.466 e. The molecule has 1 saturated heterocycles. The van der Waals surface area contributed by atoms with E-state index in [1.54, 1.807) is 0 Å². The van der Waals surface area contributed by atoms with E-state index >= 15 is 0 Å². The molecule has 0 N–H and O–H groups in total. The third-order valence-corrected chi connectivity index (χ3v) is 2.77. The summed E-state index contributed by atoms with van der Waals surface area (Å²) < 4.78 is 4.93. The molecule has 0 saturated carbocycles. The molecule has 2 nitrogen and oxygen atoms in total. The average Bonchev–Trinajstić information content (AvgIpc) is 2.18. The van der Waals surface area contributed by atoms with E-state index in [2.05, 4.69) is 19.1 Å². The number of rotatable bonds is 1. The minimum atomic E-state index is -0.0653. The lowest BCUT2D eigenvalue weighted by atomic mass is 9.88. The number of cyclic esters (lactones) is 1. The Morgan fingerprint density at radius 3 is 2.86 bits per heavy atom. The molecule has 0 aromatic heterocycles. The van der Waals surface area contributed by atoms with E-state index in [9.17, 15) is 4.79 Å². The summed E-state index contributed by atoms with van der Waals surface area (Å²) in [5.74, 6) is 0.293. The lowest BCUT2D eigenvalue weighted by Crippen LogP contribution is -2.19. The van der Waals surface area contributed by atoms with Gasteiger partial charge >= 0.3 is 5.97 Å². The summed E-state index contributed by atoms with van der Waals surface area (Å²) in [6.45, 7) is 2.66. The molecular formula is C12H14O2. The van der Waals surface area contributed by atoms with Crippen LogP contribution in [-0.2, 0) is 9.53 Å². The van der Waals surface area contributed by atoms with Gasteiger partial charge in [0.15, 0.2) is 0 Å². The highest BCUT2D eigenvalue weighted by Crippen LogP contribution is 2.29. The summed E-state index contributed by atoms with van der Waals surface area (Å²) in [5, 5.41) is 0. The molecule has 14 heavy (non-hydrogen) atoms. The quantitative estimate of drug-likeness (QED) is 0.636. The van der Waals surface area contributed by atoms with Crippen LogP contribution in [0, 0.1) is 6.92 Å². The van der Waals surface area contributed by atoms with Gasteiger partial charge in [0.1, 0.15) is 0 Å². The van der Waals surface area contributed by atoms with Gasteiger partial charge in [0, 0.05) is 0 Å². The number of hydrogen-bond acceptors (Lipinski definition) is 2. The highest BCUT2D eigenvalue weighted by atomic mass is 16.5. The first-order valence-electron chi connectivity index (χ1n) is 4.98. The number of ether oxygens (including phenoxy) is 1. The van der Waals surface area contributed by atoms with E-state index in [1.807, 2.05) is 12.1 Å². The monoisotopic (exact) mass is 190 g/mol. The molecule has 1 fully saturated rings. The van der Waals surface area contributed by atoms with Crippen LogP contribution < -0.4 is 0 Å². The van der Waals surface area contributed by atoms with Crippen molar-refractivity contribution in [1.29, 1.82) is 0 Å². The lowest BCUT2D eigenvalue weighted by Gasteiger charge is -2.22. The summed E-state index contributed by atoms with van der Waals surface area (Å²) in [5.41, 5.74) is 2.57. The van der Waals surface area contributed by atoms with Gasteiger partial charge in [-0.25, -0.2) is 0 Å². The number of carbonyl (C=O) groups is 1. The molecule has 1 aliphatic rings. The van der Waals surface area contributed by atoms with Crippen LogP contribution in [0.5, 0.6) is 0 Å². The summed E-state index contributed by atoms with van der Waals surface area (Å²) in [4.78, 5) is 11.1. The fourth-order valence-electron chi connectivity index (χ4n) is 1.99. The Morgan fingerprint density at radius 1 is 1.36 bits per heavy atom. The molecule has 74 valence electrons. The van der Waals surface area contributed by atoms with Crippen LogP contribution in [0.15, 0.2) is 24.3 Å². The van der Waals surface area contributed by atoms with E-state index < -0.39 is 0 Å². The largest absolute Gasteiger partial charge is 0.466 e. The topological polar surface area (TPSA) is 26.3 Å². The van der Waals surface area contributed by atoms with Crippen LogP contribution in [0.4, 0.5) is 0 Å². The molecule has 1 aromatic carbocycles. The Hall–Kier alpha value is -1.31. The van der Waals surface area contributed by atoms with Gasteiger partial charge < -0.3 is 4.74 Å². The van der Waals surface area contributed by atoms with E-state index in [4.69, 9.17) is 4.74 Å². The second-order valence-electron chi connectivity index (χ2n) is 3.77. The first-order chi connectivity index (χ1) is 6.77. The molecule has 0 radical (unpaired) electrons.